The molecular formula is C17H29NO2. The van der Waals surface area contributed by atoms with Gasteiger partial charge < -0.3 is 15.2 Å². The van der Waals surface area contributed by atoms with Crippen LogP contribution < -0.4 is 10.1 Å². The van der Waals surface area contributed by atoms with E-state index in [-0.39, 0.29) is 11.6 Å². The van der Waals surface area contributed by atoms with Gasteiger partial charge >= 0.3 is 0 Å². The maximum Gasteiger partial charge on any atom is 0.119 e. The molecule has 3 heteroatoms. The summed E-state index contributed by atoms with van der Waals surface area (Å²) in [5, 5.41) is 13.0. The zero-order chi connectivity index (χ0) is 15.0. The second-order valence-electron chi connectivity index (χ2n) is 5.95. The summed E-state index contributed by atoms with van der Waals surface area (Å²) in [6.07, 6.45) is 3.16. The highest BCUT2D eigenvalue weighted by atomic mass is 16.5. The van der Waals surface area contributed by atoms with Gasteiger partial charge in [0.25, 0.3) is 0 Å². The van der Waals surface area contributed by atoms with E-state index in [9.17, 15) is 5.11 Å². The molecule has 1 rings (SSSR count). The van der Waals surface area contributed by atoms with E-state index >= 15 is 0 Å². The highest BCUT2D eigenvalue weighted by Gasteiger charge is 2.22. The van der Waals surface area contributed by atoms with Gasteiger partial charge in [0.05, 0.1) is 12.7 Å². The molecule has 0 heterocycles. The molecule has 0 aliphatic carbocycles. The Morgan fingerprint density at radius 1 is 1.20 bits per heavy atom. The molecule has 3 nitrogen and oxygen atoms in total. The highest BCUT2D eigenvalue weighted by Crippen LogP contribution is 2.15. The molecule has 0 aliphatic heterocycles. The molecule has 1 aromatic rings. The fourth-order valence-corrected chi connectivity index (χ4v) is 1.72. The molecule has 0 aromatic heterocycles. The molecule has 0 aliphatic rings. The quantitative estimate of drug-likeness (QED) is 0.680. The standard InChI is InChI=1S/C17H29NO2/c1-5-6-7-12-20-16-10-8-15(9-11-16)13-18-17(3,4)14(2)19/h8-11,14,18-19H,5-7,12-13H2,1-4H3. The Balaban J connectivity index is 2.39. The number of nitrogens with one attached hydrogen (secondary N) is 1. The van der Waals surface area contributed by atoms with Crippen molar-refractivity contribution in [3.05, 3.63) is 29.8 Å². The normalized spacial score (nSPS) is 13.2. The molecule has 2 N–H and O–H groups in total. The van der Waals surface area contributed by atoms with Crippen LogP contribution in [0, 0.1) is 0 Å². The molecule has 114 valence electrons. The molecule has 1 aromatic carbocycles. The van der Waals surface area contributed by atoms with Crippen molar-refractivity contribution in [2.75, 3.05) is 6.61 Å². The Kier molecular flexibility index (Phi) is 7.03. The van der Waals surface area contributed by atoms with Crippen molar-refractivity contribution in [2.45, 2.75) is 65.1 Å². The minimum atomic E-state index is -0.385. The van der Waals surface area contributed by atoms with Crippen LogP contribution in [-0.4, -0.2) is 23.4 Å². The Hall–Kier alpha value is -1.06. The Morgan fingerprint density at radius 3 is 2.40 bits per heavy atom. The molecule has 0 amide bonds. The van der Waals surface area contributed by atoms with Gasteiger partial charge in [-0.25, -0.2) is 0 Å². The third-order valence-corrected chi connectivity index (χ3v) is 3.73. The number of rotatable bonds is 9. The van der Waals surface area contributed by atoms with Crippen LogP contribution in [0.1, 0.15) is 52.5 Å². The van der Waals surface area contributed by atoms with Gasteiger partial charge in [0.1, 0.15) is 5.75 Å². The number of benzene rings is 1. The number of aliphatic hydroxyl groups excluding tert-OH is 1. The third-order valence-electron chi connectivity index (χ3n) is 3.73. The predicted octanol–water partition coefficient (Wildman–Crippen LogP) is 3.50. The van der Waals surface area contributed by atoms with Crippen molar-refractivity contribution >= 4 is 0 Å². The number of ether oxygens (including phenoxy) is 1. The number of unbranched alkanes of at least 4 members (excludes halogenated alkanes) is 2. The fraction of sp³-hybridized carbons (Fsp3) is 0.647. The SMILES string of the molecule is CCCCCOc1ccc(CNC(C)(C)C(C)O)cc1. The Bertz CT molecular complexity index is 371. The number of aliphatic hydroxyl groups is 1. The molecule has 20 heavy (non-hydrogen) atoms. The second-order valence-corrected chi connectivity index (χ2v) is 5.95. The lowest BCUT2D eigenvalue weighted by atomic mass is 9.98. The maximum absolute atomic E-state index is 9.66. The van der Waals surface area contributed by atoms with Gasteiger partial charge in [-0.05, 0) is 44.9 Å². The van der Waals surface area contributed by atoms with Gasteiger partial charge in [0.15, 0.2) is 0 Å². The van der Waals surface area contributed by atoms with Crippen LogP contribution in [0.15, 0.2) is 24.3 Å². The van der Waals surface area contributed by atoms with Crippen LogP contribution in [0.2, 0.25) is 0 Å². The third kappa shape index (κ3) is 5.93. The van der Waals surface area contributed by atoms with E-state index in [4.69, 9.17) is 4.74 Å². The number of hydrogen-bond acceptors (Lipinski definition) is 3. The zero-order valence-corrected chi connectivity index (χ0v) is 13.3. The molecule has 1 unspecified atom stereocenters. The van der Waals surface area contributed by atoms with Crippen molar-refractivity contribution in [3.63, 3.8) is 0 Å². The van der Waals surface area contributed by atoms with Crippen molar-refractivity contribution in [1.29, 1.82) is 0 Å². The van der Waals surface area contributed by atoms with E-state index in [1.54, 1.807) is 6.92 Å². The predicted molar refractivity (Wildman–Crippen MR) is 84.1 cm³/mol. The van der Waals surface area contributed by atoms with E-state index in [1.165, 1.54) is 18.4 Å². The first-order valence-electron chi connectivity index (χ1n) is 7.60. The second kappa shape index (κ2) is 8.28. The molecule has 0 spiro atoms. The first-order chi connectivity index (χ1) is 9.45. The van der Waals surface area contributed by atoms with Gasteiger partial charge in [-0.1, -0.05) is 31.9 Å². The highest BCUT2D eigenvalue weighted by molar-refractivity contribution is 5.27. The summed E-state index contributed by atoms with van der Waals surface area (Å²) in [4.78, 5) is 0. The largest absolute Gasteiger partial charge is 0.494 e. The Labute approximate surface area is 123 Å². The van der Waals surface area contributed by atoms with Gasteiger partial charge in [0.2, 0.25) is 0 Å². The summed E-state index contributed by atoms with van der Waals surface area (Å²) in [5.74, 6) is 0.930. The molecule has 0 saturated carbocycles. The first-order valence-corrected chi connectivity index (χ1v) is 7.60. The van der Waals surface area contributed by atoms with Gasteiger partial charge in [0, 0.05) is 12.1 Å². The van der Waals surface area contributed by atoms with Crippen LogP contribution in [0.3, 0.4) is 0 Å². The first kappa shape index (κ1) is 17.0. The van der Waals surface area contributed by atoms with Gasteiger partial charge in [-0.3, -0.25) is 0 Å². The van der Waals surface area contributed by atoms with E-state index in [1.807, 2.05) is 26.0 Å². The van der Waals surface area contributed by atoms with Crippen LogP contribution in [0.25, 0.3) is 0 Å². The Morgan fingerprint density at radius 2 is 1.85 bits per heavy atom. The lowest BCUT2D eigenvalue weighted by molar-refractivity contribution is 0.0956. The van der Waals surface area contributed by atoms with Crippen molar-refractivity contribution < 1.29 is 9.84 Å². The number of hydrogen-bond donors (Lipinski definition) is 2. The molecule has 0 radical (unpaired) electrons. The average Bonchev–Trinajstić information content (AvgIpc) is 2.42. The zero-order valence-electron chi connectivity index (χ0n) is 13.3. The van der Waals surface area contributed by atoms with Crippen LogP contribution in [0.4, 0.5) is 0 Å². The molecule has 1 atom stereocenters. The molecule has 0 bridgehead atoms. The topological polar surface area (TPSA) is 41.5 Å². The minimum absolute atomic E-state index is 0.282. The van der Waals surface area contributed by atoms with Gasteiger partial charge in [-0.2, -0.15) is 0 Å². The van der Waals surface area contributed by atoms with Gasteiger partial charge in [-0.15, -0.1) is 0 Å². The van der Waals surface area contributed by atoms with Crippen LogP contribution in [0.5, 0.6) is 5.75 Å². The summed E-state index contributed by atoms with van der Waals surface area (Å²) in [7, 11) is 0. The summed E-state index contributed by atoms with van der Waals surface area (Å²) in [5.41, 5.74) is 0.912. The summed E-state index contributed by atoms with van der Waals surface area (Å²) in [6, 6.07) is 8.16. The van der Waals surface area contributed by atoms with E-state index in [2.05, 4.69) is 24.4 Å². The fourth-order valence-electron chi connectivity index (χ4n) is 1.72. The van der Waals surface area contributed by atoms with E-state index in [0.29, 0.717) is 0 Å². The van der Waals surface area contributed by atoms with E-state index < -0.39 is 0 Å². The lowest BCUT2D eigenvalue weighted by Crippen LogP contribution is -2.47. The van der Waals surface area contributed by atoms with Crippen molar-refractivity contribution in [3.8, 4) is 5.75 Å². The lowest BCUT2D eigenvalue weighted by Gasteiger charge is -2.29. The average molecular weight is 279 g/mol. The van der Waals surface area contributed by atoms with E-state index in [0.717, 1.165) is 25.3 Å². The molecule has 0 fully saturated rings. The maximum atomic E-state index is 9.66. The van der Waals surface area contributed by atoms with Crippen molar-refractivity contribution in [1.82, 2.24) is 5.32 Å². The summed E-state index contributed by atoms with van der Waals surface area (Å²) < 4.78 is 5.69. The van der Waals surface area contributed by atoms with Crippen LogP contribution in [-0.2, 0) is 6.54 Å². The molecular weight excluding hydrogens is 250 g/mol. The minimum Gasteiger partial charge on any atom is -0.494 e. The smallest absolute Gasteiger partial charge is 0.119 e. The summed E-state index contributed by atoms with van der Waals surface area (Å²) >= 11 is 0. The summed E-state index contributed by atoms with van der Waals surface area (Å²) in [6.45, 7) is 9.54. The monoisotopic (exact) mass is 279 g/mol. The van der Waals surface area contributed by atoms with Crippen molar-refractivity contribution in [2.24, 2.45) is 0 Å². The molecule has 0 saturated heterocycles. The van der Waals surface area contributed by atoms with Crippen LogP contribution >= 0.6 is 0 Å².